The Balaban J connectivity index is 2.36. The Kier molecular flexibility index (Phi) is 4.05. The number of aromatic amines is 1. The number of nitrogens with zero attached hydrogens (tertiary/aromatic N) is 3. The summed E-state index contributed by atoms with van der Waals surface area (Å²) in [6.45, 7) is 6.14. The molecule has 2 aromatic heterocycles. The van der Waals surface area contributed by atoms with Crippen LogP contribution in [0.3, 0.4) is 0 Å². The van der Waals surface area contributed by atoms with Crippen LogP contribution in [-0.2, 0) is 5.41 Å². The molecule has 0 spiro atoms. The van der Waals surface area contributed by atoms with Crippen LogP contribution < -0.4 is 5.56 Å². The molecule has 0 saturated carbocycles. The van der Waals surface area contributed by atoms with Gasteiger partial charge < -0.3 is 4.98 Å². The number of nitrogens with one attached hydrogen (secondary N) is 1. The third-order valence-electron chi connectivity index (χ3n) is 2.19. The van der Waals surface area contributed by atoms with E-state index in [4.69, 9.17) is 0 Å². The van der Waals surface area contributed by atoms with Crippen molar-refractivity contribution in [1.29, 1.82) is 0 Å². The van der Waals surface area contributed by atoms with Gasteiger partial charge in [0, 0.05) is 23.7 Å². The lowest BCUT2D eigenvalue weighted by molar-refractivity contribution is 0.536. The summed E-state index contributed by atoms with van der Waals surface area (Å²) in [5.41, 5.74) is -0.321. The molecule has 0 amide bonds. The van der Waals surface area contributed by atoms with E-state index in [1.54, 1.807) is 6.07 Å². The van der Waals surface area contributed by atoms with E-state index >= 15 is 0 Å². The molecule has 0 bridgehead atoms. The molecule has 0 unspecified atom stereocenters. The number of aromatic nitrogens is 4. The van der Waals surface area contributed by atoms with E-state index in [1.165, 1.54) is 24.0 Å². The highest BCUT2D eigenvalue weighted by Gasteiger charge is 2.19. The molecule has 0 aliphatic rings. The fourth-order valence-corrected chi connectivity index (χ4v) is 2.59. The fourth-order valence-electron chi connectivity index (χ4n) is 1.29. The summed E-state index contributed by atoms with van der Waals surface area (Å²) in [6, 6.07) is 3.17. The molecule has 2 rings (SSSR count). The van der Waals surface area contributed by atoms with Gasteiger partial charge in [-0.3, -0.25) is 4.79 Å². The van der Waals surface area contributed by atoms with Crippen molar-refractivity contribution >= 4 is 27.7 Å². The monoisotopic (exact) mass is 340 g/mol. The molecule has 19 heavy (non-hydrogen) atoms. The van der Waals surface area contributed by atoms with Gasteiger partial charge in [-0.1, -0.05) is 20.8 Å². The van der Waals surface area contributed by atoms with Crippen LogP contribution in [0.15, 0.2) is 37.9 Å². The highest BCUT2D eigenvalue weighted by molar-refractivity contribution is 9.10. The van der Waals surface area contributed by atoms with Crippen LogP contribution in [0.1, 0.15) is 26.6 Å². The molecule has 7 heteroatoms. The van der Waals surface area contributed by atoms with E-state index in [0.29, 0.717) is 9.76 Å². The predicted octanol–water partition coefficient (Wildman–Crippen LogP) is 2.77. The van der Waals surface area contributed by atoms with E-state index in [2.05, 4.69) is 35.9 Å². The minimum atomic E-state index is -0.179. The molecular formula is C12H13BrN4OS. The Hall–Kier alpha value is -1.21. The van der Waals surface area contributed by atoms with Crippen molar-refractivity contribution in [2.45, 2.75) is 36.4 Å². The van der Waals surface area contributed by atoms with Crippen molar-refractivity contribution in [1.82, 2.24) is 19.9 Å². The van der Waals surface area contributed by atoms with Crippen molar-refractivity contribution in [3.05, 3.63) is 39.1 Å². The molecule has 0 aliphatic heterocycles. The number of halogens is 1. The smallest absolute Gasteiger partial charge is 0.251 e. The minimum absolute atomic E-state index is 0.142. The maximum atomic E-state index is 11.2. The van der Waals surface area contributed by atoms with Crippen molar-refractivity contribution < 1.29 is 0 Å². The van der Waals surface area contributed by atoms with Gasteiger partial charge in [0.1, 0.15) is 15.5 Å². The average molecular weight is 341 g/mol. The Morgan fingerprint density at radius 3 is 2.68 bits per heavy atom. The molecule has 0 aromatic carbocycles. The Bertz CT molecular complexity index is 651. The van der Waals surface area contributed by atoms with Gasteiger partial charge in [0.15, 0.2) is 5.16 Å². The predicted molar refractivity (Wildman–Crippen MR) is 77.4 cm³/mol. The molecule has 2 heterocycles. The van der Waals surface area contributed by atoms with Gasteiger partial charge in [-0.2, -0.15) is 0 Å². The van der Waals surface area contributed by atoms with E-state index in [0.717, 1.165) is 10.9 Å². The first-order valence-corrected chi connectivity index (χ1v) is 7.24. The van der Waals surface area contributed by atoms with Gasteiger partial charge in [-0.05, 0) is 27.7 Å². The maximum Gasteiger partial charge on any atom is 0.251 e. The number of H-pyrrole nitrogens is 1. The highest BCUT2D eigenvalue weighted by Crippen LogP contribution is 2.27. The molecule has 0 fully saturated rings. The molecule has 0 saturated heterocycles. The maximum absolute atomic E-state index is 11.2. The van der Waals surface area contributed by atoms with Crippen LogP contribution in [-0.4, -0.2) is 19.9 Å². The first-order chi connectivity index (χ1) is 8.84. The van der Waals surface area contributed by atoms with Gasteiger partial charge in [-0.25, -0.2) is 15.0 Å². The summed E-state index contributed by atoms with van der Waals surface area (Å²) >= 11 is 4.67. The van der Waals surface area contributed by atoms with Crippen molar-refractivity contribution in [3.8, 4) is 0 Å². The van der Waals surface area contributed by atoms with Crippen molar-refractivity contribution in [2.75, 3.05) is 0 Å². The van der Waals surface area contributed by atoms with Gasteiger partial charge >= 0.3 is 0 Å². The average Bonchev–Trinajstić information content (AvgIpc) is 2.26. The summed E-state index contributed by atoms with van der Waals surface area (Å²) in [4.78, 5) is 26.8. The van der Waals surface area contributed by atoms with Gasteiger partial charge in [-0.15, -0.1) is 0 Å². The lowest BCUT2D eigenvalue weighted by atomic mass is 9.96. The van der Waals surface area contributed by atoms with Crippen LogP contribution in [0, 0.1) is 0 Å². The summed E-state index contributed by atoms with van der Waals surface area (Å²) in [7, 11) is 0. The third kappa shape index (κ3) is 3.87. The zero-order chi connectivity index (χ0) is 14.0. The number of rotatable bonds is 2. The summed E-state index contributed by atoms with van der Waals surface area (Å²) in [6.07, 6.45) is 1.47. The SMILES string of the molecule is CC(C)(C)c1nc(Br)cc(Sc2nccc(=O)[nH]2)n1. The Morgan fingerprint density at radius 2 is 2.05 bits per heavy atom. The molecule has 0 radical (unpaired) electrons. The minimum Gasteiger partial charge on any atom is -0.301 e. The molecule has 1 N–H and O–H groups in total. The zero-order valence-corrected chi connectivity index (χ0v) is 13.2. The highest BCUT2D eigenvalue weighted by atomic mass is 79.9. The normalized spacial score (nSPS) is 11.6. The molecule has 100 valence electrons. The quantitative estimate of drug-likeness (QED) is 0.672. The van der Waals surface area contributed by atoms with Crippen molar-refractivity contribution in [3.63, 3.8) is 0 Å². The molecule has 0 aliphatic carbocycles. The Morgan fingerprint density at radius 1 is 1.32 bits per heavy atom. The van der Waals surface area contributed by atoms with Crippen LogP contribution in [0.2, 0.25) is 0 Å². The topological polar surface area (TPSA) is 71.5 Å². The molecular weight excluding hydrogens is 328 g/mol. The second kappa shape index (κ2) is 5.42. The number of hydrogen-bond donors (Lipinski definition) is 1. The van der Waals surface area contributed by atoms with E-state index < -0.39 is 0 Å². The van der Waals surface area contributed by atoms with Crippen LogP contribution >= 0.6 is 27.7 Å². The van der Waals surface area contributed by atoms with Crippen LogP contribution in [0.5, 0.6) is 0 Å². The van der Waals surface area contributed by atoms with Crippen LogP contribution in [0.25, 0.3) is 0 Å². The van der Waals surface area contributed by atoms with E-state index in [-0.39, 0.29) is 11.0 Å². The fraction of sp³-hybridized carbons (Fsp3) is 0.333. The van der Waals surface area contributed by atoms with E-state index in [1.807, 2.05) is 20.8 Å². The van der Waals surface area contributed by atoms with Crippen molar-refractivity contribution in [2.24, 2.45) is 0 Å². The first-order valence-electron chi connectivity index (χ1n) is 5.63. The summed E-state index contributed by atoms with van der Waals surface area (Å²) in [5.74, 6) is 0.739. The molecule has 0 atom stereocenters. The third-order valence-corrected chi connectivity index (χ3v) is 3.42. The standard InChI is InChI=1S/C12H13BrN4OS/c1-12(2,3)10-15-7(13)6-9(17-10)19-11-14-5-4-8(18)16-11/h4-6H,1-3H3,(H,14,16,18). The zero-order valence-electron chi connectivity index (χ0n) is 10.8. The summed E-state index contributed by atoms with van der Waals surface area (Å²) in [5, 5.41) is 1.25. The van der Waals surface area contributed by atoms with Gasteiger partial charge in [0.2, 0.25) is 0 Å². The first kappa shape index (κ1) is 14.2. The van der Waals surface area contributed by atoms with Crippen LogP contribution in [0.4, 0.5) is 0 Å². The second-order valence-electron chi connectivity index (χ2n) is 4.94. The lowest BCUT2D eigenvalue weighted by Crippen LogP contribution is -2.16. The molecule has 5 nitrogen and oxygen atoms in total. The Labute approximate surface area is 123 Å². The number of hydrogen-bond acceptors (Lipinski definition) is 5. The van der Waals surface area contributed by atoms with Gasteiger partial charge in [0.25, 0.3) is 5.56 Å². The summed E-state index contributed by atoms with van der Waals surface area (Å²) < 4.78 is 0.716. The second-order valence-corrected chi connectivity index (χ2v) is 6.77. The van der Waals surface area contributed by atoms with E-state index in [9.17, 15) is 4.79 Å². The molecule has 2 aromatic rings. The largest absolute Gasteiger partial charge is 0.301 e. The van der Waals surface area contributed by atoms with Gasteiger partial charge in [0.05, 0.1) is 0 Å². The lowest BCUT2D eigenvalue weighted by Gasteiger charge is -2.17.